The first-order valence-electron chi connectivity index (χ1n) is 6.16. The molecule has 0 saturated carbocycles. The van der Waals surface area contributed by atoms with Crippen LogP contribution in [0.1, 0.15) is 39.0 Å². The van der Waals surface area contributed by atoms with Crippen molar-refractivity contribution in [3.63, 3.8) is 0 Å². The fourth-order valence-electron chi connectivity index (χ4n) is 1.24. The Balaban J connectivity index is 3.38. The molecular weight excluding hydrogens is 273 g/mol. The summed E-state index contributed by atoms with van der Waals surface area (Å²) in [5.41, 5.74) is 0. The highest BCUT2D eigenvalue weighted by Gasteiger charge is 2.17. The van der Waals surface area contributed by atoms with Crippen molar-refractivity contribution in [3.8, 4) is 0 Å². The Labute approximate surface area is 113 Å². The molecule has 0 aliphatic rings. The second-order valence-electron chi connectivity index (χ2n) is 4.10. The van der Waals surface area contributed by atoms with Crippen LogP contribution >= 0.6 is 7.82 Å². The molecule has 0 aliphatic heterocycles. The molecule has 0 fully saturated rings. The number of amides is 1. The molecule has 0 heterocycles. The van der Waals surface area contributed by atoms with Crippen molar-refractivity contribution >= 4 is 19.5 Å². The lowest BCUT2D eigenvalue weighted by molar-refractivity contribution is -0.124. The van der Waals surface area contributed by atoms with E-state index in [0.29, 0.717) is 13.0 Å². The maximum Gasteiger partial charge on any atom is 0.471 e. The van der Waals surface area contributed by atoms with Crippen LogP contribution in [0.15, 0.2) is 0 Å². The zero-order valence-electron chi connectivity index (χ0n) is 11.4. The molecule has 2 N–H and O–H groups in total. The number of phosphoric acid groups is 1. The number of Topliss-reactive ketones (excluding diaryl/α,β-unsaturated/α-hetero) is 1. The van der Waals surface area contributed by atoms with Crippen LogP contribution in [0.25, 0.3) is 0 Å². The maximum atomic E-state index is 11.2. The summed E-state index contributed by atoms with van der Waals surface area (Å²) < 4.78 is 19.8. The number of unbranched alkanes of at least 4 members (excludes halogenated alkanes) is 2. The van der Waals surface area contributed by atoms with Crippen LogP contribution in [0, 0.1) is 0 Å². The quantitative estimate of drug-likeness (QED) is 0.441. The SMILES string of the molecule is COP(=O)(O)OCCCCCNC(=O)CCC(C)=O. The highest BCUT2D eigenvalue weighted by atomic mass is 31.2. The van der Waals surface area contributed by atoms with Gasteiger partial charge < -0.3 is 15.0 Å². The molecule has 0 aromatic heterocycles. The summed E-state index contributed by atoms with van der Waals surface area (Å²) in [5, 5.41) is 2.70. The molecule has 0 aromatic carbocycles. The molecule has 0 bridgehead atoms. The average molecular weight is 295 g/mol. The van der Waals surface area contributed by atoms with E-state index in [0.717, 1.165) is 20.0 Å². The van der Waals surface area contributed by atoms with E-state index in [2.05, 4.69) is 14.4 Å². The van der Waals surface area contributed by atoms with Crippen molar-refractivity contribution in [1.29, 1.82) is 0 Å². The molecule has 1 unspecified atom stereocenters. The summed E-state index contributed by atoms with van der Waals surface area (Å²) in [6.45, 7) is 2.12. The molecule has 0 spiro atoms. The van der Waals surface area contributed by atoms with Crippen molar-refractivity contribution in [1.82, 2.24) is 5.32 Å². The van der Waals surface area contributed by atoms with Gasteiger partial charge in [0, 0.05) is 26.5 Å². The molecule has 0 aliphatic carbocycles. The lowest BCUT2D eigenvalue weighted by Crippen LogP contribution is -2.24. The first-order valence-corrected chi connectivity index (χ1v) is 7.66. The summed E-state index contributed by atoms with van der Waals surface area (Å²) >= 11 is 0. The largest absolute Gasteiger partial charge is 0.471 e. The minimum atomic E-state index is -3.86. The summed E-state index contributed by atoms with van der Waals surface area (Å²) in [4.78, 5) is 30.8. The fourth-order valence-corrected chi connectivity index (χ4v) is 1.71. The van der Waals surface area contributed by atoms with Gasteiger partial charge in [-0.05, 0) is 26.2 Å². The first-order chi connectivity index (χ1) is 8.87. The highest BCUT2D eigenvalue weighted by molar-refractivity contribution is 7.47. The van der Waals surface area contributed by atoms with Crippen LogP contribution in [-0.4, -0.2) is 36.8 Å². The molecule has 112 valence electrons. The average Bonchev–Trinajstić information content (AvgIpc) is 2.35. The zero-order valence-corrected chi connectivity index (χ0v) is 12.3. The molecule has 19 heavy (non-hydrogen) atoms. The summed E-state index contributed by atoms with van der Waals surface area (Å²) in [5.74, 6) is -0.135. The molecule has 0 aromatic rings. The Hall–Kier alpha value is -0.750. The number of ketones is 1. The molecule has 0 radical (unpaired) electrons. The lowest BCUT2D eigenvalue weighted by Gasteiger charge is -2.08. The van der Waals surface area contributed by atoms with Gasteiger partial charge in [-0.15, -0.1) is 0 Å². The molecule has 1 amide bonds. The monoisotopic (exact) mass is 295 g/mol. The van der Waals surface area contributed by atoms with E-state index >= 15 is 0 Å². The van der Waals surface area contributed by atoms with Gasteiger partial charge in [-0.3, -0.25) is 13.8 Å². The predicted octanol–water partition coefficient (Wildman–Crippen LogP) is 1.41. The number of phosphoric ester groups is 1. The molecule has 8 heteroatoms. The third-order valence-electron chi connectivity index (χ3n) is 2.33. The van der Waals surface area contributed by atoms with Crippen LogP contribution in [0.4, 0.5) is 0 Å². The summed E-state index contributed by atoms with van der Waals surface area (Å²) in [6.07, 6.45) is 2.61. The molecular formula is C11H22NO6P. The molecule has 7 nitrogen and oxygen atoms in total. The van der Waals surface area contributed by atoms with E-state index in [-0.39, 0.29) is 31.1 Å². The van der Waals surface area contributed by atoms with E-state index < -0.39 is 7.82 Å². The Bertz CT molecular complexity index is 333. The minimum absolute atomic E-state index is 0.00104. The van der Waals surface area contributed by atoms with Crippen LogP contribution in [0.3, 0.4) is 0 Å². The minimum Gasteiger partial charge on any atom is -0.356 e. The standard InChI is InChI=1S/C11H22NO6P/c1-10(13)6-7-11(14)12-8-4-3-5-9-18-19(15,16)17-2/h3-9H2,1-2H3,(H,12,14)(H,15,16). The Morgan fingerprint density at radius 2 is 1.89 bits per heavy atom. The van der Waals surface area contributed by atoms with Gasteiger partial charge in [0.1, 0.15) is 5.78 Å². The maximum absolute atomic E-state index is 11.2. The summed E-state index contributed by atoms with van der Waals surface area (Å²) in [7, 11) is -2.76. The lowest BCUT2D eigenvalue weighted by atomic mass is 10.2. The number of nitrogens with one attached hydrogen (secondary N) is 1. The second-order valence-corrected chi connectivity index (χ2v) is 5.66. The van der Waals surface area contributed by atoms with Gasteiger partial charge in [-0.2, -0.15) is 0 Å². The van der Waals surface area contributed by atoms with Crippen LogP contribution < -0.4 is 5.32 Å². The zero-order chi connectivity index (χ0) is 14.7. The molecule has 1 atom stereocenters. The van der Waals surface area contributed by atoms with Crippen LogP contribution in [0.2, 0.25) is 0 Å². The fraction of sp³-hybridized carbons (Fsp3) is 0.818. The Morgan fingerprint density at radius 3 is 2.47 bits per heavy atom. The van der Waals surface area contributed by atoms with Gasteiger partial charge in [0.15, 0.2) is 0 Å². The topological polar surface area (TPSA) is 102 Å². The van der Waals surface area contributed by atoms with Gasteiger partial charge >= 0.3 is 7.82 Å². The first kappa shape index (κ1) is 18.2. The van der Waals surface area contributed by atoms with Crippen molar-refractivity contribution in [2.75, 3.05) is 20.3 Å². The highest BCUT2D eigenvalue weighted by Crippen LogP contribution is 2.41. The van der Waals surface area contributed by atoms with Gasteiger partial charge in [-0.1, -0.05) is 0 Å². The van der Waals surface area contributed by atoms with Crippen molar-refractivity contribution in [2.24, 2.45) is 0 Å². The van der Waals surface area contributed by atoms with Crippen molar-refractivity contribution in [2.45, 2.75) is 39.0 Å². The Kier molecular flexibility index (Phi) is 9.69. The number of carbonyl (C=O) groups excluding carboxylic acids is 2. The van der Waals surface area contributed by atoms with Crippen molar-refractivity contribution < 1.29 is 28.1 Å². The van der Waals surface area contributed by atoms with Crippen LogP contribution in [0.5, 0.6) is 0 Å². The summed E-state index contributed by atoms with van der Waals surface area (Å²) in [6, 6.07) is 0. The van der Waals surface area contributed by atoms with E-state index in [1.807, 2.05) is 0 Å². The van der Waals surface area contributed by atoms with E-state index in [9.17, 15) is 14.2 Å². The van der Waals surface area contributed by atoms with Gasteiger partial charge in [0.2, 0.25) is 5.91 Å². The third kappa shape index (κ3) is 12.0. The van der Waals surface area contributed by atoms with Crippen molar-refractivity contribution in [3.05, 3.63) is 0 Å². The van der Waals surface area contributed by atoms with Crippen LogP contribution in [-0.2, 0) is 23.2 Å². The predicted molar refractivity (Wildman–Crippen MR) is 69.6 cm³/mol. The normalized spacial score (nSPS) is 13.8. The second kappa shape index (κ2) is 10.1. The number of hydrogen-bond acceptors (Lipinski definition) is 5. The molecule has 0 saturated heterocycles. The van der Waals surface area contributed by atoms with E-state index in [1.54, 1.807) is 0 Å². The Morgan fingerprint density at radius 1 is 1.21 bits per heavy atom. The number of hydrogen-bond donors (Lipinski definition) is 2. The van der Waals surface area contributed by atoms with Gasteiger partial charge in [-0.25, -0.2) is 4.57 Å². The third-order valence-corrected chi connectivity index (χ3v) is 3.30. The van der Waals surface area contributed by atoms with Gasteiger partial charge in [0.25, 0.3) is 0 Å². The molecule has 0 rings (SSSR count). The van der Waals surface area contributed by atoms with Gasteiger partial charge in [0.05, 0.1) is 6.61 Å². The number of rotatable bonds is 11. The van der Waals surface area contributed by atoms with E-state index in [1.165, 1.54) is 6.92 Å². The smallest absolute Gasteiger partial charge is 0.356 e. The van der Waals surface area contributed by atoms with E-state index in [4.69, 9.17) is 4.89 Å². The number of carbonyl (C=O) groups is 2.